The van der Waals surface area contributed by atoms with Gasteiger partial charge in [0.15, 0.2) is 23.4 Å². The Bertz CT molecular complexity index is 1750. The van der Waals surface area contributed by atoms with E-state index in [-0.39, 0.29) is 16.9 Å². The second-order valence-corrected chi connectivity index (χ2v) is 9.42. The molecule has 0 saturated heterocycles. The Balaban J connectivity index is 1.42. The molecule has 1 aromatic heterocycles. The number of rotatable bonds is 9. The molecule has 1 heterocycles. The summed E-state index contributed by atoms with van der Waals surface area (Å²) in [6.07, 6.45) is -1.06. The Morgan fingerprint density at radius 1 is 0.854 bits per heavy atom. The van der Waals surface area contributed by atoms with Crippen LogP contribution in [0.1, 0.15) is 6.92 Å². The van der Waals surface area contributed by atoms with Gasteiger partial charge in [0, 0.05) is 16.3 Å². The highest BCUT2D eigenvalue weighted by Crippen LogP contribution is 2.37. The third-order valence-electron chi connectivity index (χ3n) is 6.22. The zero-order valence-electron chi connectivity index (χ0n) is 22.5. The average molecular weight is 572 g/mol. The number of nitrogens with one attached hydrogen (secondary N) is 1. The van der Waals surface area contributed by atoms with E-state index in [2.05, 4.69) is 5.32 Å². The predicted molar refractivity (Wildman–Crippen MR) is 158 cm³/mol. The smallest absolute Gasteiger partial charge is 0.265 e. The van der Waals surface area contributed by atoms with Crippen molar-refractivity contribution >= 4 is 34.2 Å². The molecule has 0 saturated carbocycles. The maximum absolute atomic E-state index is 13.6. The number of para-hydroxylation sites is 1. The molecule has 1 unspecified atom stereocenters. The number of hydrogen-bond acceptors (Lipinski definition) is 7. The van der Waals surface area contributed by atoms with Crippen molar-refractivity contribution in [2.75, 3.05) is 19.5 Å². The molecule has 1 N–H and O–H groups in total. The minimum Gasteiger partial charge on any atom is -0.493 e. The average Bonchev–Trinajstić information content (AvgIpc) is 2.99. The van der Waals surface area contributed by atoms with Gasteiger partial charge in [0.2, 0.25) is 11.2 Å². The molecule has 4 aromatic carbocycles. The van der Waals surface area contributed by atoms with Crippen molar-refractivity contribution in [3.63, 3.8) is 0 Å². The summed E-state index contributed by atoms with van der Waals surface area (Å²) < 4.78 is 28.7. The maximum Gasteiger partial charge on any atom is 0.265 e. The van der Waals surface area contributed by atoms with Gasteiger partial charge in [-0.05, 0) is 79.7 Å². The minimum atomic E-state index is -1.06. The number of ether oxygens (including phenoxy) is 4. The van der Waals surface area contributed by atoms with E-state index in [1.165, 1.54) is 20.3 Å². The van der Waals surface area contributed by atoms with Gasteiger partial charge in [0.05, 0.1) is 19.6 Å². The summed E-state index contributed by atoms with van der Waals surface area (Å²) in [5.41, 5.74) is 0.864. The topological polar surface area (TPSA) is 96.2 Å². The van der Waals surface area contributed by atoms with E-state index in [0.29, 0.717) is 44.9 Å². The summed E-state index contributed by atoms with van der Waals surface area (Å²) in [7, 11) is 3.03. The van der Waals surface area contributed by atoms with Crippen molar-refractivity contribution in [2.45, 2.75) is 13.0 Å². The first-order valence-electron chi connectivity index (χ1n) is 12.7. The van der Waals surface area contributed by atoms with E-state index in [9.17, 15) is 9.59 Å². The number of fused-ring (bicyclic) bond motifs is 1. The lowest BCUT2D eigenvalue weighted by Gasteiger charge is -2.18. The van der Waals surface area contributed by atoms with Crippen molar-refractivity contribution in [1.82, 2.24) is 0 Å². The van der Waals surface area contributed by atoms with E-state index in [1.54, 1.807) is 61.5 Å². The van der Waals surface area contributed by atoms with E-state index in [1.807, 2.05) is 30.3 Å². The molecule has 41 heavy (non-hydrogen) atoms. The fraction of sp³-hybridized carbons (Fsp3) is 0.125. The van der Waals surface area contributed by atoms with E-state index < -0.39 is 17.4 Å². The Labute approximate surface area is 241 Å². The van der Waals surface area contributed by atoms with Gasteiger partial charge < -0.3 is 28.7 Å². The zero-order chi connectivity index (χ0) is 28.9. The van der Waals surface area contributed by atoms with Crippen LogP contribution in [0.5, 0.6) is 28.7 Å². The summed E-state index contributed by atoms with van der Waals surface area (Å²) in [5, 5.41) is 3.38. The van der Waals surface area contributed by atoms with Gasteiger partial charge in [0.1, 0.15) is 17.1 Å². The fourth-order valence-corrected chi connectivity index (χ4v) is 4.30. The lowest BCUT2D eigenvalue weighted by molar-refractivity contribution is -0.122. The Kier molecular flexibility index (Phi) is 8.12. The molecule has 8 nitrogen and oxygen atoms in total. The molecule has 0 aliphatic carbocycles. The number of benzene rings is 4. The van der Waals surface area contributed by atoms with Crippen LogP contribution in [0.15, 0.2) is 100 Å². The number of methoxy groups -OCH3 is 2. The van der Waals surface area contributed by atoms with Crippen LogP contribution in [0.3, 0.4) is 0 Å². The van der Waals surface area contributed by atoms with E-state index >= 15 is 0 Å². The van der Waals surface area contributed by atoms with Crippen LogP contribution in [0.25, 0.3) is 22.3 Å². The molecule has 9 heteroatoms. The largest absolute Gasteiger partial charge is 0.493 e. The lowest BCUT2D eigenvalue weighted by Crippen LogP contribution is -2.31. The molecule has 0 radical (unpaired) electrons. The number of carbonyl (C=O) groups excluding carboxylic acids is 1. The quantitative estimate of drug-likeness (QED) is 0.198. The summed E-state index contributed by atoms with van der Waals surface area (Å²) in [5.74, 6) is 1.78. The third kappa shape index (κ3) is 6.13. The standard InChI is InChI=1S/C32H26ClNO7/c1-19(32(36)34-22-11-13-24(14-12-22)40-23-7-5-4-6-8-23)39-31-29(35)25-18-21(33)10-16-26(25)41-30(31)20-9-15-27(37-2)28(17-20)38-3/h4-19H,1-3H3,(H,34,36). The normalized spacial score (nSPS) is 11.5. The van der Waals surface area contributed by atoms with Crippen LogP contribution in [0, 0.1) is 0 Å². The fourth-order valence-electron chi connectivity index (χ4n) is 4.13. The summed E-state index contributed by atoms with van der Waals surface area (Å²) in [6.45, 7) is 1.54. The second kappa shape index (κ2) is 12.1. The molecular weight excluding hydrogens is 546 g/mol. The molecule has 5 rings (SSSR count). The lowest BCUT2D eigenvalue weighted by atomic mass is 10.1. The number of anilines is 1. The molecule has 0 fully saturated rings. The highest BCUT2D eigenvalue weighted by atomic mass is 35.5. The van der Waals surface area contributed by atoms with Gasteiger partial charge >= 0.3 is 0 Å². The first-order valence-corrected chi connectivity index (χ1v) is 13.0. The van der Waals surface area contributed by atoms with Crippen LogP contribution in [-0.4, -0.2) is 26.2 Å². The first kappa shape index (κ1) is 27.6. The van der Waals surface area contributed by atoms with Crippen LogP contribution in [0.4, 0.5) is 5.69 Å². The third-order valence-corrected chi connectivity index (χ3v) is 6.46. The Hall–Kier alpha value is -4.95. The van der Waals surface area contributed by atoms with E-state index in [4.69, 9.17) is 35.0 Å². The molecule has 0 aliphatic heterocycles. The number of halogens is 1. The van der Waals surface area contributed by atoms with Gasteiger partial charge in [-0.3, -0.25) is 9.59 Å². The van der Waals surface area contributed by atoms with Crippen molar-refractivity contribution in [3.8, 4) is 40.1 Å². The van der Waals surface area contributed by atoms with Gasteiger partial charge in [-0.25, -0.2) is 0 Å². The van der Waals surface area contributed by atoms with Gasteiger partial charge in [-0.1, -0.05) is 29.8 Å². The Morgan fingerprint density at radius 3 is 2.27 bits per heavy atom. The Morgan fingerprint density at radius 2 is 1.56 bits per heavy atom. The molecule has 0 bridgehead atoms. The minimum absolute atomic E-state index is 0.132. The first-order chi connectivity index (χ1) is 19.9. The SMILES string of the molecule is COc1ccc(-c2oc3ccc(Cl)cc3c(=O)c2OC(C)C(=O)Nc2ccc(Oc3ccccc3)cc2)cc1OC. The molecule has 5 aromatic rings. The van der Waals surface area contributed by atoms with Crippen LogP contribution in [-0.2, 0) is 4.79 Å². The number of hydrogen-bond donors (Lipinski definition) is 1. The zero-order valence-corrected chi connectivity index (χ0v) is 23.2. The van der Waals surface area contributed by atoms with Crippen molar-refractivity contribution in [3.05, 3.63) is 106 Å². The van der Waals surface area contributed by atoms with Crippen molar-refractivity contribution < 1.29 is 28.2 Å². The molecule has 1 atom stereocenters. The van der Waals surface area contributed by atoms with E-state index in [0.717, 1.165) is 0 Å². The summed E-state index contributed by atoms with van der Waals surface area (Å²) in [6, 6.07) is 26.1. The summed E-state index contributed by atoms with van der Waals surface area (Å²) >= 11 is 6.15. The van der Waals surface area contributed by atoms with Crippen LogP contribution >= 0.6 is 11.6 Å². The molecule has 0 spiro atoms. The van der Waals surface area contributed by atoms with Gasteiger partial charge in [0.25, 0.3) is 5.91 Å². The summed E-state index contributed by atoms with van der Waals surface area (Å²) in [4.78, 5) is 26.7. The predicted octanol–water partition coefficient (Wildman–Crippen LogP) is 7.33. The van der Waals surface area contributed by atoms with Crippen molar-refractivity contribution in [2.24, 2.45) is 0 Å². The highest BCUT2D eigenvalue weighted by molar-refractivity contribution is 6.31. The molecule has 208 valence electrons. The highest BCUT2D eigenvalue weighted by Gasteiger charge is 2.24. The van der Waals surface area contributed by atoms with Gasteiger partial charge in [-0.15, -0.1) is 0 Å². The van der Waals surface area contributed by atoms with Crippen molar-refractivity contribution in [1.29, 1.82) is 0 Å². The molecule has 0 aliphatic rings. The van der Waals surface area contributed by atoms with Crippen LogP contribution in [0.2, 0.25) is 5.02 Å². The maximum atomic E-state index is 13.6. The van der Waals surface area contributed by atoms with Crippen LogP contribution < -0.4 is 29.7 Å². The number of carbonyl (C=O) groups is 1. The molecule has 1 amide bonds. The number of amides is 1. The van der Waals surface area contributed by atoms with Gasteiger partial charge in [-0.2, -0.15) is 0 Å². The monoisotopic (exact) mass is 571 g/mol. The second-order valence-electron chi connectivity index (χ2n) is 8.99. The molecular formula is C32H26ClNO7.